The first kappa shape index (κ1) is 31.8. The predicted molar refractivity (Wildman–Crippen MR) is 112 cm³/mol. The summed E-state index contributed by atoms with van der Waals surface area (Å²) in [6.07, 6.45) is 20.2. The van der Waals surface area contributed by atoms with E-state index in [9.17, 15) is 0 Å². The van der Waals surface area contributed by atoms with Crippen LogP contribution in [0.3, 0.4) is 0 Å². The van der Waals surface area contributed by atoms with Crippen LogP contribution >= 0.6 is 0 Å². The number of halogens is 1. The third-order valence-corrected chi connectivity index (χ3v) is 4.54. The van der Waals surface area contributed by atoms with Gasteiger partial charge in [-0.2, -0.15) is 6.42 Å². The van der Waals surface area contributed by atoms with Crippen molar-refractivity contribution in [3.8, 4) is 0 Å². The van der Waals surface area contributed by atoms with Gasteiger partial charge in [-0.25, -0.2) is 0 Å². The molecule has 154 valence electrons. The molecule has 0 aliphatic rings. The van der Waals surface area contributed by atoms with E-state index < -0.39 is 0 Å². The molecule has 0 saturated carbocycles. The van der Waals surface area contributed by atoms with E-state index in [1.165, 1.54) is 89.9 Å². The topological polar surface area (TPSA) is 18.5 Å². The van der Waals surface area contributed by atoms with E-state index in [1.807, 2.05) is 0 Å². The van der Waals surface area contributed by atoms with E-state index in [2.05, 4.69) is 20.8 Å². The maximum absolute atomic E-state index is 6.00. The summed E-state index contributed by atoms with van der Waals surface area (Å²) in [6, 6.07) is 0. The molecule has 26 heavy (non-hydrogen) atoms. The molecule has 2 nitrogen and oxygen atoms in total. The van der Waals surface area contributed by atoms with Gasteiger partial charge in [0.05, 0.1) is 0 Å². The number of ether oxygens (including phenoxy) is 2. The Bertz CT molecular complexity index is 212. The van der Waals surface area contributed by atoms with Gasteiger partial charge in [0, 0.05) is 13.2 Å². The zero-order valence-corrected chi connectivity index (χ0v) is 20.9. The van der Waals surface area contributed by atoms with Crippen LogP contribution in [0.4, 0.5) is 0 Å². The molecule has 0 aromatic rings. The van der Waals surface area contributed by atoms with Gasteiger partial charge < -0.3 is 33.4 Å². The Balaban J connectivity index is -0.00000264. The molecule has 0 atom stereocenters. The minimum Gasteiger partial charge on any atom is -1.00 e. The summed E-state index contributed by atoms with van der Waals surface area (Å²) < 4.78 is 12.0. The fourth-order valence-corrected chi connectivity index (χ4v) is 2.90. The number of hydrogen-bond donors (Lipinski definition) is 0. The molecule has 0 spiro atoms. The van der Waals surface area contributed by atoms with Crippen LogP contribution in [-0.2, 0) is 9.47 Å². The fourth-order valence-electron chi connectivity index (χ4n) is 2.90. The second-order valence-corrected chi connectivity index (χ2v) is 7.06. The van der Waals surface area contributed by atoms with Gasteiger partial charge in [0.15, 0.2) is 6.29 Å². The molecule has 0 aromatic carbocycles. The zero-order chi connectivity index (χ0) is 17.7. The van der Waals surface area contributed by atoms with Crippen LogP contribution in [0.5, 0.6) is 0 Å². The average molecular weight is 446 g/mol. The second kappa shape index (κ2) is 28.4. The van der Waals surface area contributed by atoms with Crippen molar-refractivity contribution in [1.82, 2.24) is 0 Å². The molecule has 0 aromatic heterocycles. The van der Waals surface area contributed by atoms with Gasteiger partial charge in [0.2, 0.25) is 0 Å². The van der Waals surface area contributed by atoms with E-state index in [1.54, 1.807) is 0 Å². The molecule has 0 bridgehead atoms. The second-order valence-electron chi connectivity index (χ2n) is 7.06. The minimum absolute atomic E-state index is 0. The summed E-state index contributed by atoms with van der Waals surface area (Å²) in [5.74, 6) is 0. The number of rotatable bonds is 20. The minimum atomic E-state index is 0. The van der Waals surface area contributed by atoms with Crippen LogP contribution in [-0.4, -0.2) is 42.6 Å². The van der Waals surface area contributed by atoms with Crippen LogP contribution in [0.25, 0.3) is 0 Å². The van der Waals surface area contributed by atoms with Crippen LogP contribution < -0.4 is 17.0 Å². The molecule has 0 amide bonds. The molecule has 0 fully saturated rings. The molecule has 0 heterocycles. The Labute approximate surface area is 191 Å². The number of hydrogen-bond acceptors (Lipinski definition) is 2. The molecule has 0 aliphatic heterocycles. The molecule has 0 N–H and O–H groups in total. The molecule has 4 heteroatoms. The Morgan fingerprint density at radius 3 is 1.46 bits per heavy atom. The molecule has 0 unspecified atom stereocenters. The van der Waals surface area contributed by atoms with Crippen LogP contribution in [0.1, 0.15) is 117 Å². The molecule has 0 saturated heterocycles. The monoisotopic (exact) mass is 444 g/mol. The first-order valence-corrected chi connectivity index (χ1v) is 10.9. The summed E-state index contributed by atoms with van der Waals surface area (Å²) in [6.45, 7) is 10.2. The Morgan fingerprint density at radius 1 is 0.615 bits per heavy atom. The van der Waals surface area contributed by atoms with Gasteiger partial charge >= 0.3 is 23.1 Å². The van der Waals surface area contributed by atoms with Crippen LogP contribution in [0, 0.1) is 6.92 Å². The summed E-state index contributed by atoms with van der Waals surface area (Å²) >= 11 is 0. The first-order valence-electron chi connectivity index (χ1n) is 10.9. The maximum atomic E-state index is 6.00. The Morgan fingerprint density at radius 2 is 1.04 bits per heavy atom. The fraction of sp³-hybridized carbons (Fsp3) is 0.955. The standard InChI is InChI=1S/C22H45O2.BrH.Mg/c1-4-7-10-12-14-17-20-23-22(19-16-9-6-3)24-21-18-15-13-11-8-5-2;;/h22H,3-21H2,1-2H3;1H;/q-1;;+2/p-1. The maximum Gasteiger partial charge on any atom is 2.00 e. The van der Waals surface area contributed by atoms with Crippen molar-refractivity contribution < 1.29 is 26.5 Å². The molecular weight excluding hydrogens is 400 g/mol. The van der Waals surface area contributed by atoms with E-state index in [4.69, 9.17) is 9.47 Å². The first-order chi connectivity index (χ1) is 11.8. The molecule has 0 rings (SSSR count). The van der Waals surface area contributed by atoms with Gasteiger partial charge in [-0.1, -0.05) is 90.9 Å². The summed E-state index contributed by atoms with van der Waals surface area (Å²) in [5.41, 5.74) is 0. The summed E-state index contributed by atoms with van der Waals surface area (Å²) in [5, 5.41) is 0. The predicted octanol–water partition coefficient (Wildman–Crippen LogP) is 4.08. The van der Waals surface area contributed by atoms with E-state index in [0.29, 0.717) is 0 Å². The van der Waals surface area contributed by atoms with E-state index in [-0.39, 0.29) is 46.3 Å². The third-order valence-electron chi connectivity index (χ3n) is 4.54. The van der Waals surface area contributed by atoms with Crippen molar-refractivity contribution >= 4 is 23.1 Å². The van der Waals surface area contributed by atoms with Crippen molar-refractivity contribution in [3.63, 3.8) is 0 Å². The van der Waals surface area contributed by atoms with Crippen molar-refractivity contribution in [2.45, 2.75) is 123 Å². The number of unbranched alkanes of at least 4 members (excludes halogenated alkanes) is 12. The van der Waals surface area contributed by atoms with Gasteiger partial charge in [-0.3, -0.25) is 0 Å². The summed E-state index contributed by atoms with van der Waals surface area (Å²) in [4.78, 5) is 0. The van der Waals surface area contributed by atoms with Crippen molar-refractivity contribution in [1.29, 1.82) is 0 Å². The van der Waals surface area contributed by atoms with Crippen LogP contribution in [0.15, 0.2) is 0 Å². The Hall–Kier alpha value is 1.17. The van der Waals surface area contributed by atoms with Crippen molar-refractivity contribution in [2.24, 2.45) is 0 Å². The van der Waals surface area contributed by atoms with Gasteiger partial charge in [-0.15, -0.1) is 0 Å². The Kier molecular flexibility index (Phi) is 34.8. The zero-order valence-electron chi connectivity index (χ0n) is 17.9. The smallest absolute Gasteiger partial charge is 1.00 e. The molecule has 0 radical (unpaired) electrons. The van der Waals surface area contributed by atoms with Crippen LogP contribution in [0.2, 0.25) is 0 Å². The van der Waals surface area contributed by atoms with Crippen molar-refractivity contribution in [2.75, 3.05) is 13.2 Å². The van der Waals surface area contributed by atoms with Gasteiger partial charge in [0.25, 0.3) is 0 Å². The largest absolute Gasteiger partial charge is 2.00 e. The molecule has 0 aliphatic carbocycles. The quantitative estimate of drug-likeness (QED) is 0.122. The van der Waals surface area contributed by atoms with E-state index in [0.717, 1.165) is 26.1 Å². The normalized spacial score (nSPS) is 10.6. The van der Waals surface area contributed by atoms with E-state index >= 15 is 0 Å². The van der Waals surface area contributed by atoms with Crippen molar-refractivity contribution in [3.05, 3.63) is 6.92 Å². The van der Waals surface area contributed by atoms with Gasteiger partial charge in [-0.05, 0) is 19.3 Å². The summed E-state index contributed by atoms with van der Waals surface area (Å²) in [7, 11) is 0. The SMILES string of the molecule is [Br-].[CH2-]CCCCC(OCCCCCCCC)OCCCCCCCC.[Mg+2]. The molecular formula is C22H45BrMgO2. The third kappa shape index (κ3) is 25.2. The van der Waals surface area contributed by atoms with Gasteiger partial charge in [0.1, 0.15) is 0 Å². The average Bonchev–Trinajstić information content (AvgIpc) is 2.59.